The fourth-order valence-electron chi connectivity index (χ4n) is 10.1. The molecule has 0 N–H and O–H groups in total. The Kier molecular flexibility index (Phi) is 12.3. The van der Waals surface area contributed by atoms with Crippen LogP contribution >= 0.6 is 0 Å². The van der Waals surface area contributed by atoms with E-state index in [9.17, 15) is 0 Å². The highest BCUT2D eigenvalue weighted by molar-refractivity contribution is 6.44. The highest BCUT2D eigenvalue weighted by Crippen LogP contribution is 2.58. The molecular formula is C60H50N2O12. The molecule has 11 rings (SSSR count). The van der Waals surface area contributed by atoms with Crippen LogP contribution in [0.5, 0.6) is 69.0 Å². The van der Waals surface area contributed by atoms with Gasteiger partial charge in [-0.15, -0.1) is 0 Å². The maximum Gasteiger partial charge on any atom is 0.261 e. The summed E-state index contributed by atoms with van der Waals surface area (Å²) in [6.07, 6.45) is 2.58. The van der Waals surface area contributed by atoms with E-state index in [1.807, 2.05) is 13.8 Å². The Labute approximate surface area is 425 Å². The first-order valence-corrected chi connectivity index (χ1v) is 24.4. The Morgan fingerprint density at radius 2 is 0.568 bits per heavy atom. The van der Waals surface area contributed by atoms with Gasteiger partial charge in [-0.3, -0.25) is 29.0 Å². The van der Waals surface area contributed by atoms with Crippen LogP contribution < -0.4 is 37.9 Å². The zero-order chi connectivity index (χ0) is 51.4. The number of amides is 4. The van der Waals surface area contributed by atoms with Crippen LogP contribution in [0, 0.1) is 0 Å². The van der Waals surface area contributed by atoms with Gasteiger partial charge in [0.15, 0.2) is 0 Å². The minimum atomic E-state index is -0.509. The molecule has 74 heavy (non-hydrogen) atoms. The van der Waals surface area contributed by atoms with Crippen LogP contribution in [-0.4, -0.2) is 75.0 Å². The number of rotatable bonds is 18. The molecule has 0 saturated heterocycles. The summed E-state index contributed by atoms with van der Waals surface area (Å²) in [6.45, 7) is 4.32. The minimum absolute atomic E-state index is 0.166. The number of carbonyl (C=O) groups excluding carboxylic acids is 4. The van der Waals surface area contributed by atoms with Crippen molar-refractivity contribution in [1.82, 2.24) is 9.80 Å². The van der Waals surface area contributed by atoms with Crippen molar-refractivity contribution in [3.63, 3.8) is 0 Å². The number of imide groups is 2. The lowest BCUT2D eigenvalue weighted by Crippen LogP contribution is -2.41. The average Bonchev–Trinajstić information content (AvgIpc) is 3.52. The lowest BCUT2D eigenvalue weighted by atomic mass is 9.80. The molecule has 0 saturated carbocycles. The number of methoxy groups -OCH3 is 4. The van der Waals surface area contributed by atoms with Crippen LogP contribution in [0.15, 0.2) is 121 Å². The number of fused-ring (bicyclic) bond motifs is 2. The number of hydrogen-bond donors (Lipinski definition) is 0. The lowest BCUT2D eigenvalue weighted by molar-refractivity contribution is 0.0593. The van der Waals surface area contributed by atoms with E-state index >= 15 is 19.2 Å². The monoisotopic (exact) mass is 990 g/mol. The predicted molar refractivity (Wildman–Crippen MR) is 280 cm³/mol. The Balaban J connectivity index is 1.39. The molecule has 0 atom stereocenters. The van der Waals surface area contributed by atoms with Crippen molar-refractivity contribution in [2.24, 2.45) is 0 Å². The highest BCUT2D eigenvalue weighted by atomic mass is 16.5. The second-order valence-electron chi connectivity index (χ2n) is 18.0. The molecule has 14 nitrogen and oxygen atoms in total. The quantitative estimate of drug-likeness (QED) is 0.0457. The topological polar surface area (TPSA) is 149 Å². The van der Waals surface area contributed by atoms with Gasteiger partial charge in [0.2, 0.25) is 0 Å². The Hall–Kier alpha value is -9.04. The van der Waals surface area contributed by atoms with Crippen molar-refractivity contribution in [3.05, 3.63) is 144 Å². The maximum absolute atomic E-state index is 15.1. The predicted octanol–water partition coefficient (Wildman–Crippen LogP) is 13.7. The van der Waals surface area contributed by atoms with Crippen LogP contribution in [-0.2, 0) is 0 Å². The molecule has 4 amide bonds. The van der Waals surface area contributed by atoms with Crippen molar-refractivity contribution in [3.8, 4) is 69.0 Å². The average molecular weight is 991 g/mol. The third kappa shape index (κ3) is 7.90. The number of carbonyl (C=O) groups is 4. The van der Waals surface area contributed by atoms with Gasteiger partial charge in [0.05, 0.1) is 50.7 Å². The lowest BCUT2D eigenvalue weighted by Gasteiger charge is -2.32. The standard InChI is InChI=1S/C60H50N2O12/c1-7-9-23-61-57(63)41-29-45(71-37-19-11-15-33(25-37)67-3)51-53-47(73-39-21-13-17-35(27-39)69-5)31-43-50-44(60(66)62(59(43)65)24-10-8-2)32-48(74-40-22-14-18-36(28-40)70-6)54(56(50)53)52-46(30-42(58(61)64)49(41)55(51)52)72-38-20-12-16-34(26-38)68-4/h11-22,25-32H,7-10,23-24H2,1-6H3. The summed E-state index contributed by atoms with van der Waals surface area (Å²) in [7, 11) is 6.21. The number of ether oxygens (including phenoxy) is 8. The van der Waals surface area contributed by atoms with E-state index in [1.165, 1.54) is 9.80 Å². The van der Waals surface area contributed by atoms with E-state index in [-0.39, 0.29) is 58.3 Å². The Bertz CT molecular complexity index is 3300. The summed E-state index contributed by atoms with van der Waals surface area (Å²) < 4.78 is 50.6. The van der Waals surface area contributed by atoms with Gasteiger partial charge in [0.25, 0.3) is 23.6 Å². The fourth-order valence-corrected chi connectivity index (χ4v) is 10.1. The zero-order valence-corrected chi connectivity index (χ0v) is 41.6. The van der Waals surface area contributed by atoms with Gasteiger partial charge in [-0.05, 0) is 85.6 Å². The van der Waals surface area contributed by atoms with E-state index in [0.29, 0.717) is 102 Å². The van der Waals surface area contributed by atoms with Crippen LogP contribution in [0.4, 0.5) is 0 Å². The molecule has 0 aliphatic carbocycles. The first kappa shape index (κ1) is 47.3. The molecule has 0 fully saturated rings. The van der Waals surface area contributed by atoms with Crippen LogP contribution in [0.3, 0.4) is 0 Å². The molecule has 2 aliphatic heterocycles. The summed E-state index contributed by atoms with van der Waals surface area (Å²) in [5.41, 5.74) is 0.826. The number of nitrogens with zero attached hydrogens (tertiary/aromatic N) is 2. The summed E-state index contributed by atoms with van der Waals surface area (Å²) in [5, 5.41) is 3.01. The molecule has 2 heterocycles. The van der Waals surface area contributed by atoms with Crippen molar-refractivity contribution in [2.75, 3.05) is 41.5 Å². The van der Waals surface area contributed by atoms with Gasteiger partial charge in [-0.2, -0.15) is 0 Å². The second kappa shape index (κ2) is 19.2. The first-order chi connectivity index (χ1) is 36.1. The van der Waals surface area contributed by atoms with Crippen molar-refractivity contribution in [2.45, 2.75) is 39.5 Å². The van der Waals surface area contributed by atoms with Crippen LogP contribution in [0.1, 0.15) is 81.0 Å². The van der Waals surface area contributed by atoms with Crippen molar-refractivity contribution in [1.29, 1.82) is 0 Å². The van der Waals surface area contributed by atoms with Gasteiger partial charge in [0.1, 0.15) is 69.0 Å². The van der Waals surface area contributed by atoms with Crippen molar-refractivity contribution >= 4 is 66.7 Å². The van der Waals surface area contributed by atoms with E-state index in [2.05, 4.69) is 0 Å². The van der Waals surface area contributed by atoms with Crippen LogP contribution in [0.25, 0.3) is 43.1 Å². The molecule has 14 heteroatoms. The molecular weight excluding hydrogens is 941 g/mol. The minimum Gasteiger partial charge on any atom is -0.497 e. The zero-order valence-electron chi connectivity index (χ0n) is 41.6. The summed E-state index contributed by atoms with van der Waals surface area (Å²) in [4.78, 5) is 63.0. The summed E-state index contributed by atoms with van der Waals surface area (Å²) in [5.74, 6) is 2.24. The number of hydrogen-bond acceptors (Lipinski definition) is 12. The second-order valence-corrected chi connectivity index (χ2v) is 18.0. The molecule has 9 aromatic carbocycles. The molecule has 9 aromatic rings. The van der Waals surface area contributed by atoms with Gasteiger partial charge >= 0.3 is 0 Å². The molecule has 0 spiro atoms. The van der Waals surface area contributed by atoms with Gasteiger partial charge in [0, 0.05) is 80.4 Å². The molecule has 372 valence electrons. The van der Waals surface area contributed by atoms with E-state index < -0.39 is 23.6 Å². The molecule has 0 radical (unpaired) electrons. The van der Waals surface area contributed by atoms with Gasteiger partial charge < -0.3 is 37.9 Å². The first-order valence-electron chi connectivity index (χ1n) is 24.4. The third-order valence-corrected chi connectivity index (χ3v) is 13.6. The smallest absolute Gasteiger partial charge is 0.261 e. The third-order valence-electron chi connectivity index (χ3n) is 13.6. The molecule has 0 bridgehead atoms. The normalized spacial score (nSPS) is 13.1. The maximum atomic E-state index is 15.1. The Morgan fingerprint density at radius 3 is 0.797 bits per heavy atom. The van der Waals surface area contributed by atoms with Crippen molar-refractivity contribution < 1.29 is 57.1 Å². The number of benzene rings is 9. The van der Waals surface area contributed by atoms with Gasteiger partial charge in [-0.1, -0.05) is 51.0 Å². The summed E-state index contributed by atoms with van der Waals surface area (Å²) in [6, 6.07) is 34.9. The SMILES string of the molecule is CCCCN1C(=O)c2cc(Oc3cccc(OC)c3)c3c4c(Oc5cccc(OC)c5)cc5c6c(cc(Oc7cccc(OC)c7)c(c7c(Oc8cccc(OC)c8)cc(c2c37)C1=O)c64)C(=O)N(CCCC)C5=O. The molecule has 0 aromatic heterocycles. The fraction of sp³-hybridized carbons (Fsp3) is 0.200. The van der Waals surface area contributed by atoms with E-state index in [0.717, 1.165) is 12.8 Å². The summed E-state index contributed by atoms with van der Waals surface area (Å²) >= 11 is 0. The van der Waals surface area contributed by atoms with Gasteiger partial charge in [-0.25, -0.2) is 0 Å². The highest BCUT2D eigenvalue weighted by Gasteiger charge is 2.41. The molecule has 2 aliphatic rings. The van der Waals surface area contributed by atoms with E-state index in [4.69, 9.17) is 37.9 Å². The largest absolute Gasteiger partial charge is 0.497 e. The van der Waals surface area contributed by atoms with Crippen LogP contribution in [0.2, 0.25) is 0 Å². The number of unbranched alkanes of at least 4 members (excludes halogenated alkanes) is 2. The van der Waals surface area contributed by atoms with E-state index in [1.54, 1.807) is 150 Å². The molecule has 0 unspecified atom stereocenters. The Morgan fingerprint density at radius 1 is 0.324 bits per heavy atom.